The van der Waals surface area contributed by atoms with Gasteiger partial charge in [0.25, 0.3) is 0 Å². The van der Waals surface area contributed by atoms with Crippen LogP contribution in [0.15, 0.2) is 18.2 Å². The Kier molecular flexibility index (Phi) is 4.40. The van der Waals surface area contributed by atoms with E-state index in [-0.39, 0.29) is 5.54 Å². The first-order valence-electron chi connectivity index (χ1n) is 5.43. The number of anilines is 1. The monoisotopic (exact) mass is 226 g/mol. The fourth-order valence-electron chi connectivity index (χ4n) is 1.53. The molecular formula is C12H19ClN2. The van der Waals surface area contributed by atoms with Crippen LogP contribution in [0.2, 0.25) is 0 Å². The summed E-state index contributed by atoms with van der Waals surface area (Å²) in [4.78, 5) is 4.43. The van der Waals surface area contributed by atoms with Crippen LogP contribution in [0.3, 0.4) is 0 Å². The van der Waals surface area contributed by atoms with Gasteiger partial charge in [-0.2, -0.15) is 0 Å². The maximum absolute atomic E-state index is 6.02. The van der Waals surface area contributed by atoms with Gasteiger partial charge in [-0.05, 0) is 31.9 Å². The Morgan fingerprint density at radius 2 is 2.00 bits per heavy atom. The largest absolute Gasteiger partial charge is 0.363 e. The summed E-state index contributed by atoms with van der Waals surface area (Å²) in [6.45, 7) is 6.29. The topological polar surface area (TPSA) is 24.9 Å². The Hall–Kier alpha value is -0.760. The van der Waals surface area contributed by atoms with Crippen molar-refractivity contribution in [1.29, 1.82) is 0 Å². The fourth-order valence-corrected chi connectivity index (χ4v) is 1.98. The van der Waals surface area contributed by atoms with Crippen molar-refractivity contribution in [3.05, 3.63) is 23.9 Å². The molecule has 2 nitrogen and oxygen atoms in total. The second-order valence-electron chi connectivity index (χ2n) is 3.91. The van der Waals surface area contributed by atoms with E-state index in [0.29, 0.717) is 5.88 Å². The summed E-state index contributed by atoms with van der Waals surface area (Å²) >= 11 is 6.02. The molecule has 0 spiro atoms. The molecule has 0 amide bonds. The smallest absolute Gasteiger partial charge is 0.126 e. The molecule has 0 atom stereocenters. The van der Waals surface area contributed by atoms with Crippen molar-refractivity contribution in [2.45, 2.75) is 39.2 Å². The maximum Gasteiger partial charge on any atom is 0.126 e. The van der Waals surface area contributed by atoms with Gasteiger partial charge in [0.2, 0.25) is 0 Å². The summed E-state index contributed by atoms with van der Waals surface area (Å²) in [6, 6.07) is 5.99. The zero-order valence-corrected chi connectivity index (χ0v) is 10.4. The third-order valence-corrected chi connectivity index (χ3v) is 3.40. The number of hydrogen-bond donors (Lipinski definition) is 1. The highest BCUT2D eigenvalue weighted by atomic mass is 35.5. The van der Waals surface area contributed by atoms with Crippen molar-refractivity contribution < 1.29 is 0 Å². The van der Waals surface area contributed by atoms with Crippen LogP contribution in [0.25, 0.3) is 0 Å². The lowest BCUT2D eigenvalue weighted by Gasteiger charge is -2.31. The van der Waals surface area contributed by atoms with Gasteiger partial charge in [0.15, 0.2) is 0 Å². The van der Waals surface area contributed by atoms with Gasteiger partial charge in [0.1, 0.15) is 5.82 Å². The van der Waals surface area contributed by atoms with Crippen molar-refractivity contribution in [3.63, 3.8) is 0 Å². The second-order valence-corrected chi connectivity index (χ2v) is 4.18. The molecule has 0 fully saturated rings. The molecule has 0 aliphatic heterocycles. The molecule has 0 radical (unpaired) electrons. The van der Waals surface area contributed by atoms with E-state index in [2.05, 4.69) is 24.1 Å². The Labute approximate surface area is 97.1 Å². The summed E-state index contributed by atoms with van der Waals surface area (Å²) in [5.74, 6) is 1.52. The van der Waals surface area contributed by atoms with E-state index in [1.54, 1.807) is 0 Å². The van der Waals surface area contributed by atoms with Crippen LogP contribution in [-0.4, -0.2) is 16.4 Å². The standard InChI is InChI=1S/C12H19ClN2/c1-4-12(5-2,9-13)15-11-8-6-7-10(3)14-11/h6-8H,4-5,9H2,1-3H3,(H,14,15). The number of alkyl halides is 1. The quantitative estimate of drug-likeness (QED) is 0.777. The Bertz CT molecular complexity index is 300. The molecule has 0 aliphatic rings. The van der Waals surface area contributed by atoms with E-state index in [1.165, 1.54) is 0 Å². The van der Waals surface area contributed by atoms with E-state index in [0.717, 1.165) is 24.4 Å². The second kappa shape index (κ2) is 5.36. The summed E-state index contributed by atoms with van der Waals surface area (Å²) < 4.78 is 0. The van der Waals surface area contributed by atoms with Crippen LogP contribution in [-0.2, 0) is 0 Å². The summed E-state index contributed by atoms with van der Waals surface area (Å²) in [6.07, 6.45) is 2.01. The Morgan fingerprint density at radius 1 is 1.33 bits per heavy atom. The van der Waals surface area contributed by atoms with Gasteiger partial charge >= 0.3 is 0 Å². The maximum atomic E-state index is 6.02. The number of pyridine rings is 1. The summed E-state index contributed by atoms with van der Waals surface area (Å²) in [5.41, 5.74) is 0.998. The first-order valence-corrected chi connectivity index (χ1v) is 5.97. The first-order chi connectivity index (χ1) is 7.15. The van der Waals surface area contributed by atoms with Gasteiger partial charge in [0, 0.05) is 11.6 Å². The molecule has 0 saturated heterocycles. The van der Waals surface area contributed by atoms with Crippen LogP contribution in [0.5, 0.6) is 0 Å². The van der Waals surface area contributed by atoms with E-state index in [1.807, 2.05) is 25.1 Å². The molecule has 0 aliphatic carbocycles. The number of aromatic nitrogens is 1. The van der Waals surface area contributed by atoms with Gasteiger partial charge in [-0.15, -0.1) is 11.6 Å². The van der Waals surface area contributed by atoms with Crippen LogP contribution in [0.4, 0.5) is 5.82 Å². The predicted molar refractivity (Wildman–Crippen MR) is 66.6 cm³/mol. The van der Waals surface area contributed by atoms with Gasteiger partial charge in [-0.25, -0.2) is 4.98 Å². The van der Waals surface area contributed by atoms with Crippen LogP contribution < -0.4 is 5.32 Å². The molecule has 1 N–H and O–H groups in total. The van der Waals surface area contributed by atoms with Gasteiger partial charge < -0.3 is 5.32 Å². The van der Waals surface area contributed by atoms with Crippen molar-refractivity contribution >= 4 is 17.4 Å². The van der Waals surface area contributed by atoms with Crippen molar-refractivity contribution in [2.24, 2.45) is 0 Å². The Balaban J connectivity index is 2.82. The highest BCUT2D eigenvalue weighted by Gasteiger charge is 2.24. The van der Waals surface area contributed by atoms with E-state index in [4.69, 9.17) is 11.6 Å². The minimum atomic E-state index is -0.0254. The molecule has 0 unspecified atom stereocenters. The number of nitrogens with one attached hydrogen (secondary N) is 1. The fraction of sp³-hybridized carbons (Fsp3) is 0.583. The molecule has 1 aromatic rings. The van der Waals surface area contributed by atoms with Crippen LogP contribution >= 0.6 is 11.6 Å². The molecule has 3 heteroatoms. The summed E-state index contributed by atoms with van der Waals surface area (Å²) in [7, 11) is 0. The average molecular weight is 227 g/mol. The molecule has 0 aromatic carbocycles. The van der Waals surface area contributed by atoms with Crippen LogP contribution in [0.1, 0.15) is 32.4 Å². The molecule has 1 rings (SSSR count). The lowest BCUT2D eigenvalue weighted by Crippen LogP contribution is -2.39. The van der Waals surface area contributed by atoms with Gasteiger partial charge in [-0.3, -0.25) is 0 Å². The zero-order chi connectivity index (χ0) is 11.3. The van der Waals surface area contributed by atoms with Crippen molar-refractivity contribution in [1.82, 2.24) is 4.98 Å². The lowest BCUT2D eigenvalue weighted by molar-refractivity contribution is 0.482. The SMILES string of the molecule is CCC(CC)(CCl)Nc1cccc(C)n1. The molecule has 1 aromatic heterocycles. The molecule has 0 saturated carbocycles. The van der Waals surface area contributed by atoms with Gasteiger partial charge in [-0.1, -0.05) is 19.9 Å². The highest BCUT2D eigenvalue weighted by molar-refractivity contribution is 6.18. The number of nitrogens with zero attached hydrogens (tertiary/aromatic N) is 1. The normalized spacial score (nSPS) is 11.5. The van der Waals surface area contributed by atoms with Gasteiger partial charge in [0.05, 0.1) is 5.54 Å². The first kappa shape index (κ1) is 12.3. The molecule has 0 bridgehead atoms. The van der Waals surface area contributed by atoms with Crippen molar-refractivity contribution in [3.8, 4) is 0 Å². The van der Waals surface area contributed by atoms with Crippen LogP contribution in [0, 0.1) is 6.92 Å². The average Bonchev–Trinajstić information content (AvgIpc) is 2.26. The Morgan fingerprint density at radius 3 is 2.47 bits per heavy atom. The zero-order valence-electron chi connectivity index (χ0n) is 9.68. The minimum absolute atomic E-state index is 0.0254. The van der Waals surface area contributed by atoms with E-state index < -0.39 is 0 Å². The summed E-state index contributed by atoms with van der Waals surface area (Å²) in [5, 5.41) is 3.44. The number of rotatable bonds is 5. The number of hydrogen-bond acceptors (Lipinski definition) is 2. The third-order valence-electron chi connectivity index (χ3n) is 2.89. The highest BCUT2D eigenvalue weighted by Crippen LogP contribution is 2.22. The molecule has 84 valence electrons. The van der Waals surface area contributed by atoms with E-state index in [9.17, 15) is 0 Å². The molecule has 15 heavy (non-hydrogen) atoms. The van der Waals surface area contributed by atoms with Crippen molar-refractivity contribution in [2.75, 3.05) is 11.2 Å². The lowest BCUT2D eigenvalue weighted by atomic mass is 9.95. The molecular weight excluding hydrogens is 208 g/mol. The van der Waals surface area contributed by atoms with E-state index >= 15 is 0 Å². The number of halogens is 1. The predicted octanol–water partition coefficient (Wildman–Crippen LogP) is 3.60. The third kappa shape index (κ3) is 3.10. The molecule has 1 heterocycles. The number of aryl methyl sites for hydroxylation is 1. The minimum Gasteiger partial charge on any atom is -0.363 e.